The maximum atomic E-state index is 12.4. The molecule has 0 aliphatic heterocycles. The van der Waals surface area contributed by atoms with E-state index in [1.807, 2.05) is 0 Å². The van der Waals surface area contributed by atoms with Crippen molar-refractivity contribution in [2.75, 3.05) is 0 Å². The Bertz CT molecular complexity index is 784. The Morgan fingerprint density at radius 2 is 1.38 bits per heavy atom. The van der Waals surface area contributed by atoms with Crippen molar-refractivity contribution < 1.29 is 38.5 Å². The van der Waals surface area contributed by atoms with E-state index in [2.05, 4.69) is 4.84 Å². The summed E-state index contributed by atoms with van der Waals surface area (Å²) in [6.45, 7) is 0. The summed E-state index contributed by atoms with van der Waals surface area (Å²) in [5, 5.41) is 10.4. The second-order valence-electron chi connectivity index (χ2n) is 8.26. The van der Waals surface area contributed by atoms with Gasteiger partial charge in [-0.05, 0) is 63.5 Å². The Morgan fingerprint density at radius 3 is 1.91 bits per heavy atom. The fourth-order valence-corrected chi connectivity index (χ4v) is 4.23. The van der Waals surface area contributed by atoms with Gasteiger partial charge >= 0.3 is 18.0 Å². The van der Waals surface area contributed by atoms with Gasteiger partial charge in [-0.3, -0.25) is 4.79 Å². The lowest BCUT2D eigenvalue weighted by Crippen LogP contribution is -2.31. The summed E-state index contributed by atoms with van der Waals surface area (Å²) in [6, 6.07) is 6.41. The third kappa shape index (κ3) is 6.65. The van der Waals surface area contributed by atoms with Crippen LogP contribution >= 0.6 is 0 Å². The quantitative estimate of drug-likeness (QED) is 0.321. The first-order valence-corrected chi connectivity index (χ1v) is 10.9. The number of aliphatic hydroxyl groups excluding tert-OH is 1. The van der Waals surface area contributed by atoms with Crippen LogP contribution in [0.5, 0.6) is 0 Å². The van der Waals surface area contributed by atoms with Gasteiger partial charge in [0.1, 0.15) is 12.2 Å². The molecule has 0 spiro atoms. The molecule has 0 heterocycles. The highest BCUT2D eigenvalue weighted by atomic mass is 16.7. The van der Waals surface area contributed by atoms with Crippen LogP contribution in [0.1, 0.15) is 73.6 Å². The molecule has 3 rings (SSSR count). The molecule has 0 aromatic heterocycles. The van der Waals surface area contributed by atoms with E-state index in [4.69, 9.17) is 25.8 Å². The fourth-order valence-electron chi connectivity index (χ4n) is 4.23. The lowest BCUT2D eigenvalue weighted by Gasteiger charge is -2.28. The van der Waals surface area contributed by atoms with E-state index in [-0.39, 0.29) is 24.2 Å². The van der Waals surface area contributed by atoms with Crippen molar-refractivity contribution >= 4 is 18.0 Å². The van der Waals surface area contributed by atoms with Gasteiger partial charge in [0.05, 0.1) is 17.6 Å². The predicted molar refractivity (Wildman–Crippen MR) is 111 cm³/mol. The number of hydrogen-bond donors (Lipinski definition) is 3. The summed E-state index contributed by atoms with van der Waals surface area (Å²) in [5.74, 6) is 3.83. The molecule has 2 aliphatic carbocycles. The number of carbonyl (C=O) groups is 3. The lowest BCUT2D eigenvalue weighted by atomic mass is 9.87. The van der Waals surface area contributed by atoms with Crippen molar-refractivity contribution in [3.8, 4) is 0 Å². The Labute approximate surface area is 186 Å². The van der Waals surface area contributed by atoms with Crippen LogP contribution in [0.15, 0.2) is 24.3 Å². The van der Waals surface area contributed by atoms with Crippen molar-refractivity contribution in [1.82, 2.24) is 0 Å². The standard InChI is InChI=1S/C22H30N2O8/c23-22(28)31-18-11-9-17(10-12-18)30-20(26)14-3-1-13(2-4-14)19(25)29-16-7-5-15(6-8-16)21(27)32-24/h1-4,15-19,25H,5-12,24H2,(H2,23,28). The van der Waals surface area contributed by atoms with E-state index < -0.39 is 24.3 Å². The topological polar surface area (TPSA) is 160 Å². The number of benzene rings is 1. The molecule has 1 amide bonds. The monoisotopic (exact) mass is 450 g/mol. The van der Waals surface area contributed by atoms with Gasteiger partial charge in [0.25, 0.3) is 0 Å². The Kier molecular flexibility index (Phi) is 8.43. The van der Waals surface area contributed by atoms with Crippen LogP contribution < -0.4 is 11.6 Å². The van der Waals surface area contributed by atoms with Gasteiger partial charge in [-0.1, -0.05) is 12.1 Å². The fraction of sp³-hybridized carbons (Fsp3) is 0.591. The molecule has 32 heavy (non-hydrogen) atoms. The first-order valence-electron chi connectivity index (χ1n) is 10.9. The van der Waals surface area contributed by atoms with Crippen LogP contribution in [0, 0.1) is 5.92 Å². The SMILES string of the molecule is NOC(=O)C1CCC(OC(O)c2ccc(C(=O)OC3CCC(OC(N)=O)CC3)cc2)CC1. The number of amides is 1. The number of carbonyl (C=O) groups excluding carboxylic acids is 3. The largest absolute Gasteiger partial charge is 0.459 e. The van der Waals surface area contributed by atoms with Crippen LogP contribution in [0.25, 0.3) is 0 Å². The van der Waals surface area contributed by atoms with Crippen molar-refractivity contribution in [3.05, 3.63) is 35.4 Å². The molecule has 5 N–H and O–H groups in total. The van der Waals surface area contributed by atoms with E-state index in [0.717, 1.165) is 0 Å². The number of hydrogen-bond acceptors (Lipinski definition) is 9. The molecule has 1 atom stereocenters. The van der Waals surface area contributed by atoms with Crippen LogP contribution in [0.2, 0.25) is 0 Å². The zero-order valence-corrected chi connectivity index (χ0v) is 17.8. The molecular weight excluding hydrogens is 420 g/mol. The molecule has 10 nitrogen and oxygen atoms in total. The summed E-state index contributed by atoms with van der Waals surface area (Å²) in [7, 11) is 0. The molecule has 1 unspecified atom stereocenters. The van der Waals surface area contributed by atoms with Crippen molar-refractivity contribution in [2.45, 2.75) is 76.0 Å². The van der Waals surface area contributed by atoms with Crippen LogP contribution in [0.3, 0.4) is 0 Å². The average Bonchev–Trinajstić information content (AvgIpc) is 2.80. The molecule has 1 aromatic carbocycles. The molecule has 176 valence electrons. The minimum Gasteiger partial charge on any atom is -0.459 e. The molecule has 10 heteroatoms. The second kappa shape index (κ2) is 11.3. The summed E-state index contributed by atoms with van der Waals surface area (Å²) < 4.78 is 16.2. The van der Waals surface area contributed by atoms with E-state index in [1.165, 1.54) is 0 Å². The summed E-state index contributed by atoms with van der Waals surface area (Å²) in [4.78, 5) is 39.0. The molecule has 1 aromatic rings. The maximum Gasteiger partial charge on any atom is 0.404 e. The first-order chi connectivity index (χ1) is 15.4. The number of rotatable bonds is 7. The van der Waals surface area contributed by atoms with Crippen molar-refractivity contribution in [1.29, 1.82) is 0 Å². The number of ether oxygens (including phenoxy) is 3. The van der Waals surface area contributed by atoms with Gasteiger partial charge in [-0.25, -0.2) is 9.59 Å². The van der Waals surface area contributed by atoms with E-state index in [0.29, 0.717) is 62.5 Å². The van der Waals surface area contributed by atoms with Gasteiger partial charge in [0.2, 0.25) is 0 Å². The zero-order chi connectivity index (χ0) is 23.1. The molecule has 0 bridgehead atoms. The number of aliphatic hydroxyl groups is 1. The molecule has 2 saturated carbocycles. The maximum absolute atomic E-state index is 12.4. The minimum absolute atomic E-state index is 0.176. The average molecular weight is 450 g/mol. The second-order valence-corrected chi connectivity index (χ2v) is 8.26. The molecule has 2 fully saturated rings. The van der Waals surface area contributed by atoms with Gasteiger partial charge in [-0.2, -0.15) is 5.90 Å². The number of nitrogens with two attached hydrogens (primary N) is 2. The highest BCUT2D eigenvalue weighted by molar-refractivity contribution is 5.89. The Hall–Kier alpha value is -2.69. The van der Waals surface area contributed by atoms with Gasteiger partial charge in [0, 0.05) is 5.56 Å². The van der Waals surface area contributed by atoms with Crippen LogP contribution in [0.4, 0.5) is 4.79 Å². The Balaban J connectivity index is 1.44. The molecule has 0 radical (unpaired) electrons. The summed E-state index contributed by atoms with van der Waals surface area (Å²) >= 11 is 0. The van der Waals surface area contributed by atoms with E-state index in [1.54, 1.807) is 24.3 Å². The third-order valence-electron chi connectivity index (χ3n) is 6.05. The lowest BCUT2D eigenvalue weighted by molar-refractivity contribution is -0.161. The molecular formula is C22H30N2O8. The first kappa shape index (κ1) is 24.0. The molecule has 0 saturated heterocycles. The van der Waals surface area contributed by atoms with Crippen LogP contribution in [-0.2, 0) is 23.8 Å². The van der Waals surface area contributed by atoms with Crippen LogP contribution in [-0.4, -0.2) is 41.5 Å². The smallest absolute Gasteiger partial charge is 0.404 e. The normalized spacial score (nSPS) is 26.6. The van der Waals surface area contributed by atoms with Crippen molar-refractivity contribution in [3.63, 3.8) is 0 Å². The zero-order valence-electron chi connectivity index (χ0n) is 17.8. The third-order valence-corrected chi connectivity index (χ3v) is 6.05. The predicted octanol–water partition coefficient (Wildman–Crippen LogP) is 2.23. The molecule has 2 aliphatic rings. The van der Waals surface area contributed by atoms with E-state index >= 15 is 0 Å². The van der Waals surface area contributed by atoms with Crippen molar-refractivity contribution in [2.24, 2.45) is 17.5 Å². The number of primary amides is 1. The highest BCUT2D eigenvalue weighted by Crippen LogP contribution is 2.30. The number of esters is 1. The van der Waals surface area contributed by atoms with E-state index in [9.17, 15) is 19.5 Å². The Morgan fingerprint density at radius 1 is 0.844 bits per heavy atom. The van der Waals surface area contributed by atoms with Gasteiger partial charge < -0.3 is 29.9 Å². The minimum atomic E-state index is -1.14. The van der Waals surface area contributed by atoms with Gasteiger partial charge in [0.15, 0.2) is 6.29 Å². The summed E-state index contributed by atoms with van der Waals surface area (Å²) in [6.07, 6.45) is 2.24. The summed E-state index contributed by atoms with van der Waals surface area (Å²) in [5.41, 5.74) is 5.92. The van der Waals surface area contributed by atoms with Gasteiger partial charge in [-0.15, -0.1) is 0 Å². The highest BCUT2D eigenvalue weighted by Gasteiger charge is 2.29.